The van der Waals surface area contributed by atoms with E-state index in [1.54, 1.807) is 0 Å². The van der Waals surface area contributed by atoms with Gasteiger partial charge in [-0.1, -0.05) is 12.8 Å². The normalized spacial score (nSPS) is 31.5. The van der Waals surface area contributed by atoms with Crippen molar-refractivity contribution in [2.24, 2.45) is 11.8 Å². The van der Waals surface area contributed by atoms with E-state index in [4.69, 9.17) is 0 Å². The molecule has 0 aromatic rings. The molecule has 12 heavy (non-hydrogen) atoms. The molecular formula is C10H18FN. The van der Waals surface area contributed by atoms with Crippen LogP contribution in [0.25, 0.3) is 0 Å². The summed E-state index contributed by atoms with van der Waals surface area (Å²) in [5, 5.41) is 3.15. The Kier molecular flexibility index (Phi) is 2.11. The van der Waals surface area contributed by atoms with E-state index < -0.39 is 5.67 Å². The Labute approximate surface area is 73.7 Å². The van der Waals surface area contributed by atoms with Gasteiger partial charge in [0.15, 0.2) is 0 Å². The summed E-state index contributed by atoms with van der Waals surface area (Å²) in [6, 6.07) is 0. The first-order valence-electron chi connectivity index (χ1n) is 5.11. The number of halogens is 1. The highest BCUT2D eigenvalue weighted by atomic mass is 19.1. The minimum Gasteiger partial charge on any atom is -0.316 e. The van der Waals surface area contributed by atoms with Crippen LogP contribution in [0.1, 0.15) is 32.6 Å². The van der Waals surface area contributed by atoms with Crippen LogP contribution in [-0.4, -0.2) is 18.8 Å². The van der Waals surface area contributed by atoms with Crippen molar-refractivity contribution in [1.82, 2.24) is 5.32 Å². The quantitative estimate of drug-likeness (QED) is 0.671. The summed E-state index contributed by atoms with van der Waals surface area (Å²) < 4.78 is 14.2. The predicted octanol–water partition coefficient (Wildman–Crippen LogP) is 2.12. The van der Waals surface area contributed by atoms with Crippen molar-refractivity contribution in [3.8, 4) is 0 Å². The number of nitrogens with one attached hydrogen (secondary N) is 1. The van der Waals surface area contributed by atoms with Gasteiger partial charge in [0.25, 0.3) is 0 Å². The van der Waals surface area contributed by atoms with Crippen LogP contribution in [-0.2, 0) is 0 Å². The van der Waals surface area contributed by atoms with Gasteiger partial charge in [0, 0.05) is 19.0 Å². The average Bonchev–Trinajstić information content (AvgIpc) is 2.30. The average molecular weight is 171 g/mol. The van der Waals surface area contributed by atoms with Crippen molar-refractivity contribution in [1.29, 1.82) is 0 Å². The second kappa shape index (κ2) is 2.99. The van der Waals surface area contributed by atoms with E-state index in [-0.39, 0.29) is 0 Å². The second-order valence-electron chi connectivity index (χ2n) is 4.49. The van der Waals surface area contributed by atoms with Gasteiger partial charge in [-0.05, 0) is 25.7 Å². The van der Waals surface area contributed by atoms with Gasteiger partial charge in [0.05, 0.1) is 0 Å². The molecule has 1 heterocycles. The van der Waals surface area contributed by atoms with E-state index >= 15 is 0 Å². The molecule has 2 aliphatic rings. The van der Waals surface area contributed by atoms with Crippen molar-refractivity contribution >= 4 is 0 Å². The van der Waals surface area contributed by atoms with Crippen molar-refractivity contribution in [2.45, 2.75) is 38.3 Å². The highest BCUT2D eigenvalue weighted by Gasteiger charge is 2.44. The molecule has 1 saturated heterocycles. The summed E-state index contributed by atoms with van der Waals surface area (Å²) in [7, 11) is 0. The maximum absolute atomic E-state index is 14.2. The van der Waals surface area contributed by atoms with Crippen LogP contribution in [0, 0.1) is 11.8 Å². The van der Waals surface area contributed by atoms with Gasteiger partial charge in [0.2, 0.25) is 0 Å². The van der Waals surface area contributed by atoms with E-state index in [9.17, 15) is 4.39 Å². The molecule has 1 atom stereocenters. The lowest BCUT2D eigenvalue weighted by Crippen LogP contribution is -2.55. The first-order valence-corrected chi connectivity index (χ1v) is 5.11. The highest BCUT2D eigenvalue weighted by Crippen LogP contribution is 2.42. The van der Waals surface area contributed by atoms with Crippen molar-refractivity contribution in [3.63, 3.8) is 0 Å². The topological polar surface area (TPSA) is 12.0 Å². The van der Waals surface area contributed by atoms with Crippen molar-refractivity contribution in [3.05, 3.63) is 0 Å². The molecule has 1 nitrogen and oxygen atoms in total. The number of hydrogen-bond acceptors (Lipinski definition) is 1. The van der Waals surface area contributed by atoms with Crippen LogP contribution < -0.4 is 5.32 Å². The molecule has 0 amide bonds. The molecule has 1 aliphatic carbocycles. The van der Waals surface area contributed by atoms with Gasteiger partial charge in [-0.25, -0.2) is 4.39 Å². The Morgan fingerprint density at radius 2 is 1.75 bits per heavy atom. The highest BCUT2D eigenvalue weighted by molar-refractivity contribution is 4.97. The van der Waals surface area contributed by atoms with Gasteiger partial charge in [-0.3, -0.25) is 0 Å². The third-order valence-electron chi connectivity index (χ3n) is 3.73. The van der Waals surface area contributed by atoms with Gasteiger partial charge < -0.3 is 5.32 Å². The minimum absolute atomic E-state index is 0.292. The van der Waals surface area contributed by atoms with E-state index in [1.165, 1.54) is 12.8 Å². The van der Waals surface area contributed by atoms with Crippen LogP contribution in [0.4, 0.5) is 4.39 Å². The third-order valence-corrected chi connectivity index (χ3v) is 3.73. The predicted molar refractivity (Wildman–Crippen MR) is 47.8 cm³/mol. The first-order chi connectivity index (χ1) is 5.71. The van der Waals surface area contributed by atoms with Gasteiger partial charge in [-0.2, -0.15) is 0 Å². The summed E-state index contributed by atoms with van der Waals surface area (Å²) in [5.74, 6) is 0.644. The zero-order chi connectivity index (χ0) is 8.60. The van der Waals surface area contributed by atoms with Crippen LogP contribution in [0.15, 0.2) is 0 Å². The Hall–Kier alpha value is -0.110. The smallest absolute Gasteiger partial charge is 0.116 e. The van der Waals surface area contributed by atoms with E-state index in [2.05, 4.69) is 5.32 Å². The molecule has 0 radical (unpaired) electrons. The molecule has 2 rings (SSSR count). The molecule has 0 aromatic carbocycles. The summed E-state index contributed by atoms with van der Waals surface area (Å²) in [6.45, 7) is 3.60. The molecule has 1 N–H and O–H groups in total. The van der Waals surface area contributed by atoms with E-state index in [0.29, 0.717) is 11.8 Å². The maximum atomic E-state index is 14.2. The molecule has 1 unspecified atom stereocenters. The fourth-order valence-electron chi connectivity index (χ4n) is 2.51. The lowest BCUT2D eigenvalue weighted by molar-refractivity contribution is 0.00980. The Balaban J connectivity index is 1.97. The monoisotopic (exact) mass is 171 g/mol. The number of alkyl halides is 1. The van der Waals surface area contributed by atoms with Crippen LogP contribution in [0.2, 0.25) is 0 Å². The summed E-state index contributed by atoms with van der Waals surface area (Å²) in [5.41, 5.74) is -0.887. The van der Waals surface area contributed by atoms with Crippen molar-refractivity contribution in [2.75, 3.05) is 13.1 Å². The second-order valence-corrected chi connectivity index (χ2v) is 4.49. The summed E-state index contributed by atoms with van der Waals surface area (Å²) in [6.07, 6.45) is 4.71. The largest absolute Gasteiger partial charge is 0.316 e. The standard InChI is InChI=1S/C10H18FN/c1-10(11,9-6-12-7-9)8-4-2-3-5-8/h8-9,12H,2-7H2,1H3. The number of rotatable bonds is 2. The lowest BCUT2D eigenvalue weighted by atomic mass is 9.76. The van der Waals surface area contributed by atoms with Crippen LogP contribution in [0.5, 0.6) is 0 Å². The molecule has 0 spiro atoms. The zero-order valence-electron chi connectivity index (χ0n) is 7.78. The summed E-state index contributed by atoms with van der Waals surface area (Å²) in [4.78, 5) is 0. The zero-order valence-corrected chi connectivity index (χ0v) is 7.78. The van der Waals surface area contributed by atoms with Gasteiger partial charge in [0.1, 0.15) is 5.67 Å². The Morgan fingerprint density at radius 1 is 1.17 bits per heavy atom. The Morgan fingerprint density at radius 3 is 2.17 bits per heavy atom. The summed E-state index contributed by atoms with van der Waals surface area (Å²) >= 11 is 0. The lowest BCUT2D eigenvalue weighted by Gasteiger charge is -2.41. The minimum atomic E-state index is -0.887. The van der Waals surface area contributed by atoms with Crippen LogP contribution in [0.3, 0.4) is 0 Å². The molecule has 0 bridgehead atoms. The van der Waals surface area contributed by atoms with Crippen molar-refractivity contribution < 1.29 is 4.39 Å². The third kappa shape index (κ3) is 1.26. The molecule has 2 fully saturated rings. The SMILES string of the molecule is CC(F)(C1CCCC1)C1CNC1. The maximum Gasteiger partial charge on any atom is 0.116 e. The Bertz CT molecular complexity index is 157. The molecule has 0 aromatic heterocycles. The van der Waals surface area contributed by atoms with Gasteiger partial charge in [-0.15, -0.1) is 0 Å². The fraction of sp³-hybridized carbons (Fsp3) is 1.00. The molecule has 2 heteroatoms. The first kappa shape index (κ1) is 8.49. The molecule has 1 saturated carbocycles. The molecule has 70 valence electrons. The molecule has 1 aliphatic heterocycles. The van der Waals surface area contributed by atoms with E-state index in [0.717, 1.165) is 25.9 Å². The molecular weight excluding hydrogens is 153 g/mol. The fourth-order valence-corrected chi connectivity index (χ4v) is 2.51. The van der Waals surface area contributed by atoms with E-state index in [1.807, 2.05) is 6.92 Å². The van der Waals surface area contributed by atoms with Gasteiger partial charge >= 0.3 is 0 Å². The van der Waals surface area contributed by atoms with Crippen LogP contribution >= 0.6 is 0 Å². The number of hydrogen-bond donors (Lipinski definition) is 1.